The molecule has 0 aliphatic carbocycles. The third-order valence-corrected chi connectivity index (χ3v) is 4.08. The van der Waals surface area contributed by atoms with Crippen molar-refractivity contribution in [3.8, 4) is 11.5 Å². The van der Waals surface area contributed by atoms with Gasteiger partial charge in [-0.15, -0.1) is 0 Å². The van der Waals surface area contributed by atoms with E-state index in [0.717, 1.165) is 0 Å². The van der Waals surface area contributed by atoms with Gasteiger partial charge in [0.15, 0.2) is 23.9 Å². The van der Waals surface area contributed by atoms with Crippen LogP contribution in [0.2, 0.25) is 0 Å². The maximum absolute atomic E-state index is 12.3. The van der Waals surface area contributed by atoms with Crippen molar-refractivity contribution in [1.82, 2.24) is 0 Å². The Balaban J connectivity index is 2.03. The number of carbonyl (C=O) groups is 3. The van der Waals surface area contributed by atoms with Crippen LogP contribution in [0.4, 0.5) is 5.69 Å². The van der Waals surface area contributed by atoms with Crippen LogP contribution in [0.15, 0.2) is 42.5 Å². The number of Topliss-reactive ketones (excluding diaryl/α,β-unsaturated/α-hetero) is 1. The van der Waals surface area contributed by atoms with Crippen molar-refractivity contribution in [3.05, 3.63) is 53.6 Å². The summed E-state index contributed by atoms with van der Waals surface area (Å²) in [6.07, 6.45) is 0. The first kappa shape index (κ1) is 21.9. The van der Waals surface area contributed by atoms with Gasteiger partial charge in [-0.3, -0.25) is 9.59 Å². The fraction of sp³-hybridized carbons (Fsp3) is 0.318. The zero-order valence-electron chi connectivity index (χ0n) is 17.2. The number of rotatable bonds is 7. The largest absolute Gasteiger partial charge is 0.493 e. The summed E-state index contributed by atoms with van der Waals surface area (Å²) in [5.74, 6) is -0.309. The Bertz CT molecular complexity index is 914. The Morgan fingerprint density at radius 3 is 2.21 bits per heavy atom. The van der Waals surface area contributed by atoms with E-state index < -0.39 is 18.0 Å². The standard InChI is InChI=1S/C22H25NO6/c1-22(2,3)21(26)23-16-8-6-7-15(11-16)20(25)29-13-17(24)14-9-10-18(27-4)19(12-14)28-5/h6-12H,13H2,1-5H3,(H,23,26). The number of carbonyl (C=O) groups excluding carboxylic acids is 3. The normalized spacial score (nSPS) is 10.8. The van der Waals surface area contributed by atoms with Crippen molar-refractivity contribution in [2.45, 2.75) is 20.8 Å². The van der Waals surface area contributed by atoms with Gasteiger partial charge in [0.05, 0.1) is 19.8 Å². The number of ether oxygens (including phenoxy) is 3. The monoisotopic (exact) mass is 399 g/mol. The van der Waals surface area contributed by atoms with Crippen LogP contribution < -0.4 is 14.8 Å². The molecule has 7 heteroatoms. The number of ketones is 1. The number of benzene rings is 2. The molecule has 0 atom stereocenters. The van der Waals surface area contributed by atoms with Crippen LogP contribution >= 0.6 is 0 Å². The molecule has 0 aliphatic heterocycles. The van der Waals surface area contributed by atoms with Gasteiger partial charge in [0.2, 0.25) is 5.91 Å². The third kappa shape index (κ3) is 5.81. The molecule has 0 radical (unpaired) electrons. The molecule has 0 fully saturated rings. The van der Waals surface area contributed by atoms with Crippen molar-refractivity contribution in [1.29, 1.82) is 0 Å². The van der Waals surface area contributed by atoms with Gasteiger partial charge >= 0.3 is 5.97 Å². The Labute approximate surface area is 170 Å². The lowest BCUT2D eigenvalue weighted by atomic mass is 9.95. The smallest absolute Gasteiger partial charge is 0.338 e. The van der Waals surface area contributed by atoms with Crippen LogP contribution in [0.3, 0.4) is 0 Å². The van der Waals surface area contributed by atoms with E-state index in [2.05, 4.69) is 5.32 Å². The number of amides is 1. The zero-order valence-corrected chi connectivity index (χ0v) is 17.2. The molecule has 1 amide bonds. The lowest BCUT2D eigenvalue weighted by molar-refractivity contribution is -0.123. The van der Waals surface area contributed by atoms with Crippen molar-refractivity contribution in [2.24, 2.45) is 5.41 Å². The van der Waals surface area contributed by atoms with Crippen LogP contribution in [-0.4, -0.2) is 38.5 Å². The first-order valence-electron chi connectivity index (χ1n) is 8.99. The molecule has 154 valence electrons. The molecule has 29 heavy (non-hydrogen) atoms. The molecule has 0 aromatic heterocycles. The van der Waals surface area contributed by atoms with Gasteiger partial charge in [0.1, 0.15) is 0 Å². The predicted octanol–water partition coefficient (Wildman–Crippen LogP) is 3.73. The SMILES string of the molecule is COc1ccc(C(=O)COC(=O)c2cccc(NC(=O)C(C)(C)C)c2)cc1OC. The van der Waals surface area contributed by atoms with Crippen molar-refractivity contribution in [3.63, 3.8) is 0 Å². The highest BCUT2D eigenvalue weighted by atomic mass is 16.5. The van der Waals surface area contributed by atoms with E-state index in [1.807, 2.05) is 0 Å². The molecule has 0 bridgehead atoms. The summed E-state index contributed by atoms with van der Waals surface area (Å²) in [5, 5.41) is 2.75. The first-order chi connectivity index (χ1) is 13.7. The van der Waals surface area contributed by atoms with E-state index in [9.17, 15) is 14.4 Å². The van der Waals surface area contributed by atoms with Crippen LogP contribution in [-0.2, 0) is 9.53 Å². The van der Waals surface area contributed by atoms with E-state index in [4.69, 9.17) is 14.2 Å². The minimum Gasteiger partial charge on any atom is -0.493 e. The molecule has 1 N–H and O–H groups in total. The molecular weight excluding hydrogens is 374 g/mol. The molecule has 2 aromatic rings. The highest BCUT2D eigenvalue weighted by Crippen LogP contribution is 2.27. The van der Waals surface area contributed by atoms with Gasteiger partial charge in [-0.25, -0.2) is 4.79 Å². The number of esters is 1. The Morgan fingerprint density at radius 1 is 0.897 bits per heavy atom. The van der Waals surface area contributed by atoms with E-state index in [1.54, 1.807) is 51.1 Å². The summed E-state index contributed by atoms with van der Waals surface area (Å²) in [7, 11) is 2.97. The lowest BCUT2D eigenvalue weighted by Crippen LogP contribution is -2.27. The van der Waals surface area contributed by atoms with Gasteiger partial charge in [0.25, 0.3) is 0 Å². The van der Waals surface area contributed by atoms with Crippen LogP contribution in [0, 0.1) is 5.41 Å². The van der Waals surface area contributed by atoms with Gasteiger partial charge < -0.3 is 19.5 Å². The van der Waals surface area contributed by atoms with Crippen LogP contribution in [0.1, 0.15) is 41.5 Å². The average Bonchev–Trinajstić information content (AvgIpc) is 2.70. The van der Waals surface area contributed by atoms with Gasteiger partial charge in [0, 0.05) is 16.7 Å². The summed E-state index contributed by atoms with van der Waals surface area (Å²) in [6, 6.07) is 11.1. The minimum absolute atomic E-state index is 0.174. The van der Waals surface area contributed by atoms with E-state index in [1.165, 1.54) is 26.4 Å². The number of anilines is 1. The summed E-state index contributed by atoms with van der Waals surface area (Å²) >= 11 is 0. The first-order valence-corrected chi connectivity index (χ1v) is 8.99. The summed E-state index contributed by atoms with van der Waals surface area (Å²) < 4.78 is 15.4. The second-order valence-corrected chi connectivity index (χ2v) is 7.35. The van der Waals surface area contributed by atoms with Gasteiger partial charge in [-0.2, -0.15) is 0 Å². The second kappa shape index (κ2) is 9.23. The van der Waals surface area contributed by atoms with Crippen LogP contribution in [0.5, 0.6) is 11.5 Å². The molecular formula is C22H25NO6. The predicted molar refractivity (Wildman–Crippen MR) is 109 cm³/mol. The molecule has 2 rings (SSSR count). The number of hydrogen-bond donors (Lipinski definition) is 1. The highest BCUT2D eigenvalue weighted by Gasteiger charge is 2.21. The van der Waals surface area contributed by atoms with Gasteiger partial charge in [-0.1, -0.05) is 26.8 Å². The molecule has 0 saturated carbocycles. The van der Waals surface area contributed by atoms with E-state index in [-0.39, 0.29) is 17.3 Å². The third-order valence-electron chi connectivity index (χ3n) is 4.08. The number of hydrogen-bond acceptors (Lipinski definition) is 6. The molecule has 0 heterocycles. The van der Waals surface area contributed by atoms with Crippen LogP contribution in [0.25, 0.3) is 0 Å². The molecule has 0 aliphatic rings. The van der Waals surface area contributed by atoms with Crippen molar-refractivity contribution < 1.29 is 28.6 Å². The minimum atomic E-state index is -0.661. The fourth-order valence-electron chi connectivity index (χ4n) is 2.35. The fourth-order valence-corrected chi connectivity index (χ4v) is 2.35. The van der Waals surface area contributed by atoms with E-state index >= 15 is 0 Å². The number of nitrogens with one attached hydrogen (secondary N) is 1. The topological polar surface area (TPSA) is 90.9 Å². The Kier molecular flexibility index (Phi) is 6.98. The molecule has 2 aromatic carbocycles. The zero-order chi connectivity index (χ0) is 21.6. The quantitative estimate of drug-likeness (QED) is 0.564. The Morgan fingerprint density at radius 2 is 1.59 bits per heavy atom. The maximum atomic E-state index is 12.3. The molecule has 7 nitrogen and oxygen atoms in total. The van der Waals surface area contributed by atoms with Crippen molar-refractivity contribution in [2.75, 3.05) is 26.1 Å². The molecule has 0 saturated heterocycles. The number of methoxy groups -OCH3 is 2. The second-order valence-electron chi connectivity index (χ2n) is 7.35. The van der Waals surface area contributed by atoms with Gasteiger partial charge in [-0.05, 0) is 36.4 Å². The molecule has 0 unspecified atom stereocenters. The van der Waals surface area contributed by atoms with E-state index in [0.29, 0.717) is 22.7 Å². The highest BCUT2D eigenvalue weighted by molar-refractivity contribution is 6.00. The summed E-state index contributed by atoms with van der Waals surface area (Å²) in [5.41, 5.74) is 0.478. The average molecular weight is 399 g/mol. The molecule has 0 spiro atoms. The van der Waals surface area contributed by atoms with Crippen molar-refractivity contribution >= 4 is 23.3 Å². The summed E-state index contributed by atoms with van der Waals surface area (Å²) in [6.45, 7) is 4.95. The maximum Gasteiger partial charge on any atom is 0.338 e. The lowest BCUT2D eigenvalue weighted by Gasteiger charge is -2.17. The summed E-state index contributed by atoms with van der Waals surface area (Å²) in [4.78, 5) is 36.7. The Hall–Kier alpha value is -3.35.